The van der Waals surface area contributed by atoms with Gasteiger partial charge in [-0.2, -0.15) is 0 Å². The van der Waals surface area contributed by atoms with Crippen LogP contribution in [0.15, 0.2) is 12.2 Å². The van der Waals surface area contributed by atoms with Crippen LogP contribution < -0.4 is 0 Å². The molecule has 0 aliphatic heterocycles. The van der Waals surface area contributed by atoms with Gasteiger partial charge in [0.1, 0.15) is 5.60 Å². The van der Waals surface area contributed by atoms with Crippen molar-refractivity contribution in [3.05, 3.63) is 12.2 Å². The van der Waals surface area contributed by atoms with Gasteiger partial charge in [-0.3, -0.25) is 4.79 Å². The van der Waals surface area contributed by atoms with Crippen molar-refractivity contribution in [1.82, 2.24) is 0 Å². The molecule has 0 aromatic rings. The number of carbonyl (C=O) groups excluding carboxylic acids is 1. The Hall–Kier alpha value is -0.400. The Bertz CT molecular complexity index is 427. The van der Waals surface area contributed by atoms with E-state index in [-0.39, 0.29) is 22.6 Å². The normalized spacial score (nSPS) is 30.3. The van der Waals surface area contributed by atoms with Gasteiger partial charge < -0.3 is 9.47 Å². The molecule has 3 unspecified atom stereocenters. The van der Waals surface area contributed by atoms with Crippen LogP contribution in [0.5, 0.6) is 0 Å². The van der Waals surface area contributed by atoms with Crippen LogP contribution in [0.4, 0.5) is 0 Å². The summed E-state index contributed by atoms with van der Waals surface area (Å²) in [6.07, 6.45) is 1.64. The first kappa shape index (κ1) is 17.7. The van der Waals surface area contributed by atoms with Gasteiger partial charge in [0, 0.05) is 12.3 Å². The Balaban J connectivity index is 2.83. The van der Waals surface area contributed by atoms with E-state index in [9.17, 15) is 4.79 Å². The summed E-state index contributed by atoms with van der Waals surface area (Å²) >= 11 is 0. The van der Waals surface area contributed by atoms with Crippen molar-refractivity contribution >= 4 is 15.2 Å². The van der Waals surface area contributed by atoms with E-state index in [1.54, 1.807) is 0 Å². The first-order valence-electron chi connectivity index (χ1n) is 7.09. The van der Waals surface area contributed by atoms with Crippen LogP contribution >= 0.6 is 9.24 Å². The first-order chi connectivity index (χ1) is 8.80. The molecule has 3 atom stereocenters. The second-order valence-electron chi connectivity index (χ2n) is 7.44. The Labute approximate surface area is 125 Å². The topological polar surface area (TPSA) is 35.5 Å². The Morgan fingerprint density at radius 1 is 1.25 bits per heavy atom. The molecule has 3 nitrogen and oxygen atoms in total. The number of esters is 1. The van der Waals surface area contributed by atoms with Crippen LogP contribution in [-0.2, 0) is 14.3 Å². The van der Waals surface area contributed by atoms with Crippen LogP contribution in [0, 0.1) is 5.41 Å². The van der Waals surface area contributed by atoms with Gasteiger partial charge >= 0.3 is 5.97 Å². The van der Waals surface area contributed by atoms with Crippen molar-refractivity contribution in [2.24, 2.45) is 5.41 Å². The van der Waals surface area contributed by atoms with Crippen LogP contribution in [0.1, 0.15) is 54.9 Å². The average Bonchev–Trinajstić information content (AvgIpc) is 2.60. The van der Waals surface area contributed by atoms with E-state index < -0.39 is 5.60 Å². The third kappa shape index (κ3) is 3.26. The molecule has 0 bridgehead atoms. The number of ether oxygens (including phenoxy) is 2. The van der Waals surface area contributed by atoms with Crippen molar-refractivity contribution < 1.29 is 14.3 Å². The lowest BCUT2D eigenvalue weighted by atomic mass is 9.88. The summed E-state index contributed by atoms with van der Waals surface area (Å²) in [5.74, 6) is -0.263. The summed E-state index contributed by atoms with van der Waals surface area (Å²) in [5.41, 5.74) is -0.321. The Morgan fingerprint density at radius 2 is 1.75 bits per heavy atom. The van der Waals surface area contributed by atoms with Crippen LogP contribution in [0.2, 0.25) is 0 Å². The molecule has 0 saturated heterocycles. The molecule has 0 N–H and O–H groups in total. The SMILES string of the molecule is C=C1C(C)(CC(C)(C)OC(C)(C)CP)C1(C)OC(C)=O. The molecule has 4 heteroatoms. The zero-order valence-corrected chi connectivity index (χ0v) is 15.1. The number of carbonyl (C=O) groups is 1. The smallest absolute Gasteiger partial charge is 0.303 e. The van der Waals surface area contributed by atoms with E-state index in [2.05, 4.69) is 50.4 Å². The van der Waals surface area contributed by atoms with E-state index in [1.807, 2.05) is 6.92 Å². The van der Waals surface area contributed by atoms with Gasteiger partial charge in [-0.15, -0.1) is 9.24 Å². The zero-order chi connectivity index (χ0) is 16.0. The summed E-state index contributed by atoms with van der Waals surface area (Å²) in [7, 11) is 2.72. The van der Waals surface area contributed by atoms with Gasteiger partial charge in [-0.25, -0.2) is 0 Å². The van der Waals surface area contributed by atoms with Crippen LogP contribution in [0.25, 0.3) is 0 Å². The standard InChI is InChI=1S/C16H29O3P/c1-11-15(7,16(11,8)18-12(2)17)9-13(3,4)19-14(5,6)10-20/h1,9-10,20H2,2-8H3. The second-order valence-corrected chi connectivity index (χ2v) is 7.85. The summed E-state index contributed by atoms with van der Waals surface area (Å²) in [4.78, 5) is 11.3. The lowest BCUT2D eigenvalue weighted by Gasteiger charge is -2.37. The fourth-order valence-corrected chi connectivity index (χ4v) is 3.31. The summed E-state index contributed by atoms with van der Waals surface area (Å²) in [6.45, 7) is 17.9. The molecule has 20 heavy (non-hydrogen) atoms. The van der Waals surface area contributed by atoms with Crippen molar-refractivity contribution in [3.63, 3.8) is 0 Å². The summed E-state index contributed by atoms with van der Waals surface area (Å²) in [6, 6.07) is 0. The van der Waals surface area contributed by atoms with E-state index in [0.29, 0.717) is 0 Å². The van der Waals surface area contributed by atoms with Gasteiger partial charge in [-0.1, -0.05) is 13.5 Å². The zero-order valence-electron chi connectivity index (χ0n) is 13.9. The molecule has 0 radical (unpaired) electrons. The maximum atomic E-state index is 11.3. The number of hydrogen-bond donors (Lipinski definition) is 0. The van der Waals surface area contributed by atoms with Crippen molar-refractivity contribution in [1.29, 1.82) is 0 Å². The molecule has 1 saturated carbocycles. The molecular formula is C16H29O3P. The minimum Gasteiger partial charge on any atom is -0.454 e. The van der Waals surface area contributed by atoms with Gasteiger partial charge in [0.2, 0.25) is 0 Å². The number of rotatable bonds is 6. The fourth-order valence-electron chi connectivity index (χ4n) is 3.23. The average molecular weight is 300 g/mol. The number of hydrogen-bond acceptors (Lipinski definition) is 3. The van der Waals surface area contributed by atoms with E-state index >= 15 is 0 Å². The molecule has 0 heterocycles. The van der Waals surface area contributed by atoms with Gasteiger partial charge in [0.15, 0.2) is 0 Å². The molecule has 1 aliphatic carbocycles. The molecule has 116 valence electrons. The third-order valence-corrected chi connectivity index (χ3v) is 5.39. The van der Waals surface area contributed by atoms with Gasteiger partial charge in [-0.05, 0) is 52.8 Å². The molecule has 1 aliphatic rings. The maximum Gasteiger partial charge on any atom is 0.303 e. The quantitative estimate of drug-likeness (QED) is 0.426. The fraction of sp³-hybridized carbons (Fsp3) is 0.812. The lowest BCUT2D eigenvalue weighted by molar-refractivity contribution is -0.153. The van der Waals surface area contributed by atoms with Crippen LogP contribution in [-0.4, -0.2) is 28.9 Å². The largest absolute Gasteiger partial charge is 0.454 e. The van der Waals surface area contributed by atoms with E-state index in [1.165, 1.54) is 6.92 Å². The highest BCUT2D eigenvalue weighted by Crippen LogP contribution is 2.66. The second kappa shape index (κ2) is 5.10. The highest BCUT2D eigenvalue weighted by molar-refractivity contribution is 7.16. The highest BCUT2D eigenvalue weighted by Gasteiger charge is 2.69. The van der Waals surface area contributed by atoms with Crippen molar-refractivity contribution in [3.8, 4) is 0 Å². The predicted molar refractivity (Wildman–Crippen MR) is 85.9 cm³/mol. The van der Waals surface area contributed by atoms with Crippen molar-refractivity contribution in [2.75, 3.05) is 6.16 Å². The Kier molecular flexibility index (Phi) is 4.50. The molecule has 0 amide bonds. The van der Waals surface area contributed by atoms with Gasteiger partial charge in [0.25, 0.3) is 0 Å². The molecule has 1 rings (SSSR count). The molecule has 0 spiro atoms. The molecule has 0 aromatic heterocycles. The highest BCUT2D eigenvalue weighted by atomic mass is 31.0. The van der Waals surface area contributed by atoms with Crippen molar-refractivity contribution in [2.45, 2.75) is 71.7 Å². The molecule has 1 fully saturated rings. The summed E-state index contributed by atoms with van der Waals surface area (Å²) in [5, 5.41) is 0. The molecular weight excluding hydrogens is 271 g/mol. The molecule has 0 aromatic carbocycles. The maximum absolute atomic E-state index is 11.3. The van der Waals surface area contributed by atoms with E-state index in [0.717, 1.165) is 18.2 Å². The Morgan fingerprint density at radius 3 is 2.15 bits per heavy atom. The monoisotopic (exact) mass is 300 g/mol. The minimum absolute atomic E-state index is 0.196. The predicted octanol–water partition coefficient (Wildman–Crippen LogP) is 3.72. The third-order valence-electron chi connectivity index (χ3n) is 4.40. The lowest BCUT2D eigenvalue weighted by Crippen LogP contribution is -2.40. The van der Waals surface area contributed by atoms with Crippen LogP contribution in [0.3, 0.4) is 0 Å². The first-order valence-corrected chi connectivity index (χ1v) is 7.91. The minimum atomic E-state index is -0.565. The van der Waals surface area contributed by atoms with Gasteiger partial charge in [0.05, 0.1) is 11.2 Å². The summed E-state index contributed by atoms with van der Waals surface area (Å²) < 4.78 is 11.7. The van der Waals surface area contributed by atoms with E-state index in [4.69, 9.17) is 9.47 Å².